The standard InChI is InChI=1S/C18H25N3O3.ClH/c1-24-14-7-5-13(6-8-14)12-21-11-9-16(18(21)23)20-17(22)15-4-2-3-10-19-15;/h5-8,15-16,19H,2-4,9-12H2,1H3,(H,20,22);1H. The molecule has 138 valence electrons. The Balaban J connectivity index is 0.00000225. The first-order valence-electron chi connectivity index (χ1n) is 8.63. The highest BCUT2D eigenvalue weighted by atomic mass is 35.5. The van der Waals surface area contributed by atoms with E-state index >= 15 is 0 Å². The molecular formula is C18H26ClN3O3. The van der Waals surface area contributed by atoms with Crippen LogP contribution in [0.25, 0.3) is 0 Å². The van der Waals surface area contributed by atoms with Crippen LogP contribution in [0.5, 0.6) is 5.75 Å². The Morgan fingerprint density at radius 3 is 2.68 bits per heavy atom. The number of rotatable bonds is 5. The first-order valence-corrected chi connectivity index (χ1v) is 8.63. The molecular weight excluding hydrogens is 342 g/mol. The van der Waals surface area contributed by atoms with Gasteiger partial charge in [-0.15, -0.1) is 12.4 Å². The van der Waals surface area contributed by atoms with E-state index in [9.17, 15) is 9.59 Å². The lowest BCUT2D eigenvalue weighted by Gasteiger charge is -2.24. The maximum Gasteiger partial charge on any atom is 0.245 e. The van der Waals surface area contributed by atoms with Crippen LogP contribution >= 0.6 is 12.4 Å². The second-order valence-electron chi connectivity index (χ2n) is 6.46. The smallest absolute Gasteiger partial charge is 0.245 e. The van der Waals surface area contributed by atoms with Crippen molar-refractivity contribution in [2.24, 2.45) is 0 Å². The van der Waals surface area contributed by atoms with E-state index in [1.165, 1.54) is 0 Å². The number of hydrogen-bond acceptors (Lipinski definition) is 4. The minimum absolute atomic E-state index is 0. The highest BCUT2D eigenvalue weighted by Gasteiger charge is 2.34. The lowest BCUT2D eigenvalue weighted by molar-refractivity contribution is -0.133. The number of halogens is 1. The Labute approximate surface area is 154 Å². The fourth-order valence-corrected chi connectivity index (χ4v) is 3.33. The number of benzene rings is 1. The Bertz CT molecular complexity index is 588. The first-order chi connectivity index (χ1) is 11.7. The lowest BCUT2D eigenvalue weighted by Crippen LogP contribution is -2.51. The van der Waals surface area contributed by atoms with E-state index in [1.807, 2.05) is 24.3 Å². The second kappa shape index (κ2) is 9.06. The number of methoxy groups -OCH3 is 1. The van der Waals surface area contributed by atoms with E-state index in [0.29, 0.717) is 19.5 Å². The largest absolute Gasteiger partial charge is 0.497 e. The number of hydrogen-bond donors (Lipinski definition) is 2. The average molecular weight is 368 g/mol. The molecule has 0 saturated carbocycles. The summed E-state index contributed by atoms with van der Waals surface area (Å²) in [6.45, 7) is 2.12. The third kappa shape index (κ3) is 4.86. The minimum Gasteiger partial charge on any atom is -0.497 e. The summed E-state index contributed by atoms with van der Waals surface area (Å²) in [5.74, 6) is 0.769. The summed E-state index contributed by atoms with van der Waals surface area (Å²) < 4.78 is 5.14. The number of likely N-dealkylation sites (tertiary alicyclic amines) is 1. The monoisotopic (exact) mass is 367 g/mol. The zero-order valence-electron chi connectivity index (χ0n) is 14.5. The van der Waals surface area contributed by atoms with Crippen LogP contribution in [-0.4, -0.2) is 49.0 Å². The van der Waals surface area contributed by atoms with Crippen LogP contribution in [0, 0.1) is 0 Å². The minimum atomic E-state index is -0.389. The molecule has 2 atom stereocenters. The molecule has 2 heterocycles. The van der Waals surface area contributed by atoms with Crippen LogP contribution in [0.4, 0.5) is 0 Å². The first kappa shape index (κ1) is 19.5. The maximum absolute atomic E-state index is 12.5. The number of carbonyl (C=O) groups excluding carboxylic acids is 2. The highest BCUT2D eigenvalue weighted by Crippen LogP contribution is 2.18. The van der Waals surface area contributed by atoms with Gasteiger partial charge in [0.15, 0.2) is 0 Å². The predicted octanol–water partition coefficient (Wildman–Crippen LogP) is 1.48. The van der Waals surface area contributed by atoms with Crippen molar-refractivity contribution in [2.45, 2.75) is 44.3 Å². The molecule has 7 heteroatoms. The van der Waals surface area contributed by atoms with Crippen LogP contribution in [0.15, 0.2) is 24.3 Å². The Kier molecular flexibility index (Phi) is 7.08. The number of nitrogens with one attached hydrogen (secondary N) is 2. The second-order valence-corrected chi connectivity index (χ2v) is 6.46. The van der Waals surface area contributed by atoms with Crippen molar-refractivity contribution in [3.8, 4) is 5.75 Å². The van der Waals surface area contributed by atoms with Gasteiger partial charge in [-0.05, 0) is 43.5 Å². The molecule has 2 N–H and O–H groups in total. The van der Waals surface area contributed by atoms with Crippen LogP contribution < -0.4 is 15.4 Å². The molecule has 1 aromatic rings. The van der Waals surface area contributed by atoms with Crippen molar-refractivity contribution in [3.63, 3.8) is 0 Å². The van der Waals surface area contributed by atoms with Crippen molar-refractivity contribution in [1.29, 1.82) is 0 Å². The lowest BCUT2D eigenvalue weighted by atomic mass is 10.0. The third-order valence-corrected chi connectivity index (χ3v) is 4.77. The van der Waals surface area contributed by atoms with Crippen LogP contribution in [-0.2, 0) is 16.1 Å². The van der Waals surface area contributed by atoms with Gasteiger partial charge < -0.3 is 20.3 Å². The summed E-state index contributed by atoms with van der Waals surface area (Å²) in [4.78, 5) is 26.6. The number of carbonyl (C=O) groups is 2. The van der Waals surface area contributed by atoms with Gasteiger partial charge in [-0.25, -0.2) is 0 Å². The molecule has 3 rings (SSSR count). The van der Waals surface area contributed by atoms with Crippen molar-refractivity contribution < 1.29 is 14.3 Å². The highest BCUT2D eigenvalue weighted by molar-refractivity contribution is 5.91. The molecule has 2 saturated heterocycles. The molecule has 25 heavy (non-hydrogen) atoms. The summed E-state index contributed by atoms with van der Waals surface area (Å²) in [6.07, 6.45) is 3.70. The zero-order chi connectivity index (χ0) is 16.9. The van der Waals surface area contributed by atoms with E-state index in [2.05, 4.69) is 10.6 Å². The Hall–Kier alpha value is -1.79. The van der Waals surface area contributed by atoms with Crippen molar-refractivity contribution in [3.05, 3.63) is 29.8 Å². The molecule has 0 spiro atoms. The predicted molar refractivity (Wildman–Crippen MR) is 97.8 cm³/mol. The SMILES string of the molecule is COc1ccc(CN2CCC(NC(=O)C3CCCCN3)C2=O)cc1.Cl. The third-order valence-electron chi connectivity index (χ3n) is 4.77. The normalized spacial score (nSPS) is 23.1. The molecule has 2 unspecified atom stereocenters. The van der Waals surface area contributed by atoms with Gasteiger partial charge in [-0.3, -0.25) is 9.59 Å². The van der Waals surface area contributed by atoms with Crippen molar-refractivity contribution in [2.75, 3.05) is 20.2 Å². The fraction of sp³-hybridized carbons (Fsp3) is 0.556. The molecule has 0 radical (unpaired) electrons. The van der Waals surface area contributed by atoms with E-state index in [0.717, 1.165) is 37.1 Å². The molecule has 2 amide bonds. The Morgan fingerprint density at radius 2 is 2.04 bits per heavy atom. The summed E-state index contributed by atoms with van der Waals surface area (Å²) >= 11 is 0. The van der Waals surface area contributed by atoms with Gasteiger partial charge in [-0.2, -0.15) is 0 Å². The van der Waals surface area contributed by atoms with E-state index in [4.69, 9.17) is 4.74 Å². The zero-order valence-corrected chi connectivity index (χ0v) is 15.3. The van der Waals surface area contributed by atoms with E-state index in [1.54, 1.807) is 12.0 Å². The van der Waals surface area contributed by atoms with Crippen LogP contribution in [0.1, 0.15) is 31.2 Å². The van der Waals surface area contributed by atoms with Gasteiger partial charge >= 0.3 is 0 Å². The quantitative estimate of drug-likeness (QED) is 0.827. The van der Waals surface area contributed by atoms with Gasteiger partial charge in [0.1, 0.15) is 11.8 Å². The molecule has 2 aliphatic heterocycles. The molecule has 0 aliphatic carbocycles. The van der Waals surface area contributed by atoms with Crippen molar-refractivity contribution in [1.82, 2.24) is 15.5 Å². The maximum atomic E-state index is 12.5. The molecule has 2 aliphatic rings. The number of amides is 2. The molecule has 2 fully saturated rings. The van der Waals surface area contributed by atoms with Crippen LogP contribution in [0.3, 0.4) is 0 Å². The van der Waals surface area contributed by atoms with Gasteiger partial charge in [0.05, 0.1) is 13.2 Å². The molecule has 0 bridgehead atoms. The summed E-state index contributed by atoms with van der Waals surface area (Å²) in [7, 11) is 1.63. The molecule has 6 nitrogen and oxygen atoms in total. The summed E-state index contributed by atoms with van der Waals surface area (Å²) in [6, 6.07) is 7.17. The average Bonchev–Trinajstić information content (AvgIpc) is 2.96. The van der Waals surface area contributed by atoms with Crippen LogP contribution in [0.2, 0.25) is 0 Å². The van der Waals surface area contributed by atoms with Gasteiger partial charge in [0, 0.05) is 13.1 Å². The number of piperidine rings is 1. The van der Waals surface area contributed by atoms with E-state index < -0.39 is 0 Å². The fourth-order valence-electron chi connectivity index (χ4n) is 3.33. The summed E-state index contributed by atoms with van der Waals surface area (Å²) in [5, 5.41) is 6.14. The molecule has 0 aromatic heterocycles. The van der Waals surface area contributed by atoms with Gasteiger partial charge in [0.25, 0.3) is 0 Å². The summed E-state index contributed by atoms with van der Waals surface area (Å²) in [5.41, 5.74) is 1.06. The number of ether oxygens (including phenoxy) is 1. The topological polar surface area (TPSA) is 70.7 Å². The van der Waals surface area contributed by atoms with Gasteiger partial charge in [-0.1, -0.05) is 18.6 Å². The van der Waals surface area contributed by atoms with Crippen molar-refractivity contribution >= 4 is 24.2 Å². The Morgan fingerprint density at radius 1 is 1.28 bits per heavy atom. The van der Waals surface area contributed by atoms with E-state index in [-0.39, 0.29) is 36.3 Å². The number of nitrogens with zero attached hydrogens (tertiary/aromatic N) is 1. The molecule has 1 aromatic carbocycles. The van der Waals surface area contributed by atoms with Gasteiger partial charge in [0.2, 0.25) is 11.8 Å².